The fourth-order valence-corrected chi connectivity index (χ4v) is 5.15. The molecule has 17 heavy (non-hydrogen) atoms. The van der Waals surface area contributed by atoms with Crippen molar-refractivity contribution in [2.75, 3.05) is 0 Å². The summed E-state index contributed by atoms with van der Waals surface area (Å²) in [5.41, 5.74) is 0.988. The lowest BCUT2D eigenvalue weighted by atomic mass is 9.50. The molecule has 92 valence electrons. The van der Waals surface area contributed by atoms with E-state index in [1.54, 1.807) is 12.5 Å². The molecule has 1 heterocycles. The molecule has 2 nitrogen and oxygen atoms in total. The van der Waals surface area contributed by atoms with Crippen molar-refractivity contribution in [2.45, 2.75) is 38.2 Å². The number of aliphatic hydroxyl groups is 1. The molecule has 2 heteroatoms. The highest BCUT2D eigenvalue weighted by atomic mass is 16.3. The van der Waals surface area contributed by atoms with Crippen molar-refractivity contribution >= 4 is 0 Å². The van der Waals surface area contributed by atoms with E-state index in [4.69, 9.17) is 4.42 Å². The van der Waals surface area contributed by atoms with Gasteiger partial charge in [0.05, 0.1) is 18.6 Å². The Bertz CT molecular complexity index is 367. The Labute approximate surface area is 102 Å². The number of hydrogen-bond acceptors (Lipinski definition) is 2. The van der Waals surface area contributed by atoms with Crippen LogP contribution in [0.3, 0.4) is 0 Å². The van der Waals surface area contributed by atoms with Crippen molar-refractivity contribution in [3.63, 3.8) is 0 Å². The molecule has 4 aliphatic carbocycles. The van der Waals surface area contributed by atoms with Gasteiger partial charge in [-0.25, -0.2) is 0 Å². The van der Waals surface area contributed by atoms with Gasteiger partial charge in [-0.1, -0.05) is 0 Å². The first-order chi connectivity index (χ1) is 8.31. The minimum absolute atomic E-state index is 0.288. The highest BCUT2D eigenvalue weighted by Crippen LogP contribution is 2.59. The maximum atomic E-state index is 10.6. The lowest BCUT2D eigenvalue weighted by Crippen LogP contribution is -2.47. The highest BCUT2D eigenvalue weighted by Gasteiger charge is 2.50. The van der Waals surface area contributed by atoms with Crippen LogP contribution in [0.2, 0.25) is 0 Å². The number of rotatable bonds is 2. The SMILES string of the molecule is OC(c1ccoc1)C1C2CC3CC(C2)CC1C3. The smallest absolute Gasteiger partial charge is 0.0960 e. The van der Waals surface area contributed by atoms with Gasteiger partial charge in [-0.05, 0) is 67.8 Å². The van der Waals surface area contributed by atoms with Gasteiger partial charge in [0.15, 0.2) is 0 Å². The normalized spacial score (nSPS) is 45.1. The van der Waals surface area contributed by atoms with Gasteiger partial charge < -0.3 is 9.52 Å². The van der Waals surface area contributed by atoms with E-state index < -0.39 is 0 Å². The van der Waals surface area contributed by atoms with Crippen molar-refractivity contribution < 1.29 is 9.52 Å². The van der Waals surface area contributed by atoms with Crippen LogP contribution in [0.5, 0.6) is 0 Å². The molecule has 0 aromatic carbocycles. The molecule has 0 radical (unpaired) electrons. The monoisotopic (exact) mass is 232 g/mol. The van der Waals surface area contributed by atoms with Gasteiger partial charge in [0.1, 0.15) is 0 Å². The van der Waals surface area contributed by atoms with E-state index in [-0.39, 0.29) is 6.10 Å². The molecule has 1 unspecified atom stereocenters. The van der Waals surface area contributed by atoms with Crippen LogP contribution in [0.4, 0.5) is 0 Å². The summed E-state index contributed by atoms with van der Waals surface area (Å²) in [5.74, 6) is 4.00. The Balaban J connectivity index is 1.62. The summed E-state index contributed by atoms with van der Waals surface area (Å²) < 4.78 is 5.12. The number of aliphatic hydroxyl groups excluding tert-OH is 1. The second kappa shape index (κ2) is 3.61. The predicted octanol–water partition coefficient (Wildman–Crippen LogP) is 3.39. The molecule has 5 rings (SSSR count). The predicted molar refractivity (Wildman–Crippen MR) is 64.2 cm³/mol. The summed E-state index contributed by atoms with van der Waals surface area (Å²) in [6.45, 7) is 0. The standard InChI is InChI=1S/C15H20O2/c16-15(11-1-2-17-8-11)14-12-4-9-3-10(6-12)7-13(14)5-9/h1-2,8-10,12-16H,3-7H2. The molecule has 4 bridgehead atoms. The maximum Gasteiger partial charge on any atom is 0.0960 e. The Morgan fingerprint density at radius 3 is 2.24 bits per heavy atom. The van der Waals surface area contributed by atoms with Crippen LogP contribution >= 0.6 is 0 Å². The third-order valence-corrected chi connectivity index (χ3v) is 5.55. The zero-order chi connectivity index (χ0) is 11.4. The summed E-state index contributed by atoms with van der Waals surface area (Å²) in [4.78, 5) is 0. The molecule has 1 atom stereocenters. The molecule has 1 aromatic heterocycles. The third kappa shape index (κ3) is 1.50. The molecule has 1 aromatic rings. The van der Waals surface area contributed by atoms with Crippen molar-refractivity contribution in [3.05, 3.63) is 24.2 Å². The average Bonchev–Trinajstić information content (AvgIpc) is 2.80. The second-order valence-electron chi connectivity index (χ2n) is 6.51. The molecule has 0 spiro atoms. The largest absolute Gasteiger partial charge is 0.472 e. The zero-order valence-corrected chi connectivity index (χ0v) is 10.1. The summed E-state index contributed by atoms with van der Waals surface area (Å²) >= 11 is 0. The quantitative estimate of drug-likeness (QED) is 0.848. The average molecular weight is 232 g/mol. The number of hydrogen-bond donors (Lipinski definition) is 1. The highest BCUT2D eigenvalue weighted by molar-refractivity contribution is 5.13. The first-order valence-corrected chi connectivity index (χ1v) is 7.01. The molecule has 0 amide bonds. The summed E-state index contributed by atoms with van der Waals surface area (Å²) in [6.07, 6.45) is 10.0. The molecular formula is C15H20O2. The van der Waals surface area contributed by atoms with Gasteiger partial charge >= 0.3 is 0 Å². The molecular weight excluding hydrogens is 212 g/mol. The van der Waals surface area contributed by atoms with E-state index in [9.17, 15) is 5.11 Å². The first-order valence-electron chi connectivity index (χ1n) is 7.01. The Morgan fingerprint density at radius 2 is 1.71 bits per heavy atom. The fourth-order valence-electron chi connectivity index (χ4n) is 5.15. The van der Waals surface area contributed by atoms with Crippen molar-refractivity contribution in [1.29, 1.82) is 0 Å². The van der Waals surface area contributed by atoms with Crippen LogP contribution < -0.4 is 0 Å². The van der Waals surface area contributed by atoms with E-state index in [2.05, 4.69) is 0 Å². The van der Waals surface area contributed by atoms with E-state index in [1.165, 1.54) is 32.1 Å². The van der Waals surface area contributed by atoms with Gasteiger partial charge in [0, 0.05) is 5.56 Å². The van der Waals surface area contributed by atoms with Crippen molar-refractivity contribution in [2.24, 2.45) is 29.6 Å². The molecule has 4 aliphatic rings. The molecule has 4 fully saturated rings. The number of furan rings is 1. The topological polar surface area (TPSA) is 33.4 Å². The Morgan fingerprint density at radius 1 is 1.06 bits per heavy atom. The first kappa shape index (κ1) is 10.2. The lowest BCUT2D eigenvalue weighted by Gasteiger charge is -2.55. The molecule has 4 saturated carbocycles. The van der Waals surface area contributed by atoms with E-state index in [1.807, 2.05) is 6.07 Å². The minimum atomic E-state index is -0.288. The summed E-state index contributed by atoms with van der Waals surface area (Å²) in [5, 5.41) is 10.6. The van der Waals surface area contributed by atoms with Gasteiger partial charge in [-0.2, -0.15) is 0 Å². The van der Waals surface area contributed by atoms with E-state index in [0.717, 1.165) is 29.2 Å². The van der Waals surface area contributed by atoms with Gasteiger partial charge in [-0.3, -0.25) is 0 Å². The lowest BCUT2D eigenvalue weighted by molar-refractivity contribution is -0.0909. The molecule has 0 saturated heterocycles. The van der Waals surface area contributed by atoms with Crippen LogP contribution in [0.15, 0.2) is 23.0 Å². The zero-order valence-electron chi connectivity index (χ0n) is 10.1. The maximum absolute atomic E-state index is 10.6. The van der Waals surface area contributed by atoms with Crippen molar-refractivity contribution in [1.82, 2.24) is 0 Å². The second-order valence-corrected chi connectivity index (χ2v) is 6.51. The third-order valence-electron chi connectivity index (χ3n) is 5.55. The van der Waals surface area contributed by atoms with Crippen LogP contribution in [0, 0.1) is 29.6 Å². The van der Waals surface area contributed by atoms with Crippen LogP contribution in [0.25, 0.3) is 0 Å². The van der Waals surface area contributed by atoms with Crippen LogP contribution in [-0.4, -0.2) is 5.11 Å². The van der Waals surface area contributed by atoms with Crippen LogP contribution in [-0.2, 0) is 0 Å². The Kier molecular flexibility index (Phi) is 2.17. The van der Waals surface area contributed by atoms with Gasteiger partial charge in [-0.15, -0.1) is 0 Å². The summed E-state index contributed by atoms with van der Waals surface area (Å²) in [6, 6.07) is 1.93. The minimum Gasteiger partial charge on any atom is -0.472 e. The van der Waals surface area contributed by atoms with Gasteiger partial charge in [0.2, 0.25) is 0 Å². The molecule has 0 aliphatic heterocycles. The Hall–Kier alpha value is -0.760. The van der Waals surface area contributed by atoms with E-state index >= 15 is 0 Å². The van der Waals surface area contributed by atoms with Crippen LogP contribution in [0.1, 0.15) is 43.8 Å². The molecule has 1 N–H and O–H groups in total. The van der Waals surface area contributed by atoms with Gasteiger partial charge in [0.25, 0.3) is 0 Å². The van der Waals surface area contributed by atoms with E-state index in [0.29, 0.717) is 5.92 Å². The fraction of sp³-hybridized carbons (Fsp3) is 0.733. The summed E-state index contributed by atoms with van der Waals surface area (Å²) in [7, 11) is 0. The van der Waals surface area contributed by atoms with Crippen molar-refractivity contribution in [3.8, 4) is 0 Å².